The maximum absolute atomic E-state index is 10.7. The van der Waals surface area contributed by atoms with Crippen molar-refractivity contribution in [3.63, 3.8) is 0 Å². The second-order valence-corrected chi connectivity index (χ2v) is 2.67. The van der Waals surface area contributed by atoms with Crippen LogP contribution >= 0.6 is 0 Å². The Labute approximate surface area is 65.6 Å². The Balaban J connectivity index is 2.60. The van der Waals surface area contributed by atoms with Gasteiger partial charge in [0, 0.05) is 6.54 Å². The lowest BCUT2D eigenvalue weighted by molar-refractivity contribution is 0.178. The number of hydrogen-bond donors (Lipinski definition) is 1. The highest BCUT2D eigenvalue weighted by Crippen LogP contribution is 2.15. The molecule has 1 heterocycles. The summed E-state index contributed by atoms with van der Waals surface area (Å²) >= 11 is 0. The number of urea groups is 1. The maximum Gasteiger partial charge on any atom is 0.315 e. The Morgan fingerprint density at radius 3 is 2.82 bits per heavy atom. The largest absolute Gasteiger partial charge is 0.351 e. The number of rotatable bonds is 0. The zero-order chi connectivity index (χ0) is 8.27. The van der Waals surface area contributed by atoms with Crippen LogP contribution in [-0.2, 0) is 0 Å². The van der Waals surface area contributed by atoms with Gasteiger partial charge in [0.25, 0.3) is 0 Å². The van der Waals surface area contributed by atoms with Crippen molar-refractivity contribution < 1.29 is 4.79 Å². The number of nitrogens with zero attached hydrogens (tertiary/aromatic N) is 2. The molecule has 1 aliphatic heterocycles. The Morgan fingerprint density at radius 2 is 2.36 bits per heavy atom. The van der Waals surface area contributed by atoms with Crippen LogP contribution in [0.25, 0.3) is 0 Å². The molecule has 0 aromatic carbocycles. The Kier molecular flexibility index (Phi) is 2.32. The summed E-state index contributed by atoms with van der Waals surface area (Å²) in [5, 5.41) is 8.61. The van der Waals surface area contributed by atoms with Crippen LogP contribution in [-0.4, -0.2) is 23.5 Å². The van der Waals surface area contributed by atoms with Gasteiger partial charge in [-0.15, -0.1) is 0 Å². The number of hydrogen-bond acceptors (Lipinski definition) is 2. The van der Waals surface area contributed by atoms with Gasteiger partial charge in [-0.05, 0) is 19.3 Å². The van der Waals surface area contributed by atoms with Crippen LogP contribution in [0, 0.1) is 11.3 Å². The third kappa shape index (κ3) is 1.61. The van der Waals surface area contributed by atoms with Crippen molar-refractivity contribution in [3.8, 4) is 6.07 Å². The molecule has 0 aromatic heterocycles. The molecule has 0 aliphatic carbocycles. The molecular weight excluding hydrogens is 142 g/mol. The normalized spacial score (nSPS) is 24.3. The van der Waals surface area contributed by atoms with Gasteiger partial charge >= 0.3 is 6.03 Å². The summed E-state index contributed by atoms with van der Waals surface area (Å²) in [6.45, 7) is 0.633. The first-order valence-corrected chi connectivity index (χ1v) is 3.71. The summed E-state index contributed by atoms with van der Waals surface area (Å²) in [5.74, 6) is 0. The van der Waals surface area contributed by atoms with Crippen LogP contribution in [0.5, 0.6) is 0 Å². The molecule has 0 saturated carbocycles. The second-order valence-electron chi connectivity index (χ2n) is 2.67. The lowest BCUT2D eigenvalue weighted by Gasteiger charge is -2.29. The molecule has 1 aliphatic rings. The highest BCUT2D eigenvalue weighted by Gasteiger charge is 2.24. The van der Waals surface area contributed by atoms with E-state index in [1.165, 1.54) is 4.90 Å². The van der Waals surface area contributed by atoms with Crippen molar-refractivity contribution in [2.24, 2.45) is 5.73 Å². The Bertz CT molecular complexity index is 196. The van der Waals surface area contributed by atoms with Crippen LogP contribution in [0.15, 0.2) is 0 Å². The molecule has 2 amide bonds. The van der Waals surface area contributed by atoms with Crippen molar-refractivity contribution in [3.05, 3.63) is 0 Å². The highest BCUT2D eigenvalue weighted by molar-refractivity contribution is 5.72. The van der Waals surface area contributed by atoms with E-state index >= 15 is 0 Å². The average Bonchev–Trinajstić information content (AvgIpc) is 2.04. The summed E-state index contributed by atoms with van der Waals surface area (Å²) in [6, 6.07) is 1.29. The van der Waals surface area contributed by atoms with Gasteiger partial charge in [-0.3, -0.25) is 0 Å². The first kappa shape index (κ1) is 7.86. The molecule has 1 unspecified atom stereocenters. The molecule has 4 heteroatoms. The van der Waals surface area contributed by atoms with Crippen molar-refractivity contribution in [1.29, 1.82) is 5.26 Å². The van der Waals surface area contributed by atoms with E-state index in [4.69, 9.17) is 11.0 Å². The summed E-state index contributed by atoms with van der Waals surface area (Å²) in [6.07, 6.45) is 2.74. The number of piperidine rings is 1. The van der Waals surface area contributed by atoms with Crippen LogP contribution in [0.4, 0.5) is 4.79 Å². The fraction of sp³-hybridized carbons (Fsp3) is 0.714. The first-order valence-electron chi connectivity index (χ1n) is 3.71. The molecule has 1 rings (SSSR count). The molecule has 1 fully saturated rings. The van der Waals surface area contributed by atoms with Gasteiger partial charge in [-0.2, -0.15) is 5.26 Å². The monoisotopic (exact) mass is 153 g/mol. The molecule has 0 spiro atoms. The molecule has 0 radical (unpaired) electrons. The fourth-order valence-electron chi connectivity index (χ4n) is 1.33. The molecule has 1 saturated heterocycles. The smallest absolute Gasteiger partial charge is 0.315 e. The molecule has 0 aromatic rings. The highest BCUT2D eigenvalue weighted by atomic mass is 16.2. The van der Waals surface area contributed by atoms with E-state index < -0.39 is 6.03 Å². The SMILES string of the molecule is N#CC1CCCCN1C(N)=O. The van der Waals surface area contributed by atoms with Crippen LogP contribution in [0.3, 0.4) is 0 Å². The lowest BCUT2D eigenvalue weighted by atomic mass is 10.0. The van der Waals surface area contributed by atoms with E-state index in [-0.39, 0.29) is 6.04 Å². The van der Waals surface area contributed by atoms with Crippen molar-refractivity contribution in [2.75, 3.05) is 6.54 Å². The minimum Gasteiger partial charge on any atom is -0.351 e. The quantitative estimate of drug-likeness (QED) is 0.548. The number of likely N-dealkylation sites (tertiary alicyclic amines) is 1. The molecule has 2 N–H and O–H groups in total. The number of primary amides is 1. The van der Waals surface area contributed by atoms with Gasteiger partial charge in [-0.1, -0.05) is 0 Å². The summed E-state index contributed by atoms with van der Waals surface area (Å²) in [5.41, 5.74) is 5.07. The minimum absolute atomic E-state index is 0.291. The molecule has 1 atom stereocenters. The Hall–Kier alpha value is -1.24. The first-order chi connectivity index (χ1) is 5.25. The van der Waals surface area contributed by atoms with E-state index in [1.54, 1.807) is 0 Å². The van der Waals surface area contributed by atoms with Crippen LogP contribution in [0.2, 0.25) is 0 Å². The maximum atomic E-state index is 10.7. The van der Waals surface area contributed by atoms with Crippen LogP contribution < -0.4 is 5.73 Å². The van der Waals surface area contributed by atoms with E-state index in [0.717, 1.165) is 19.3 Å². The van der Waals surface area contributed by atoms with E-state index in [2.05, 4.69) is 6.07 Å². The molecule has 11 heavy (non-hydrogen) atoms. The van der Waals surface area contributed by atoms with E-state index in [9.17, 15) is 4.79 Å². The number of carbonyl (C=O) groups is 1. The predicted octanol–water partition coefficient (Wildman–Crippen LogP) is 0.443. The van der Waals surface area contributed by atoms with Gasteiger partial charge in [-0.25, -0.2) is 4.79 Å². The molecule has 0 bridgehead atoms. The minimum atomic E-state index is -0.476. The molecule has 4 nitrogen and oxygen atoms in total. The number of nitriles is 1. The summed E-state index contributed by atoms with van der Waals surface area (Å²) in [4.78, 5) is 12.2. The van der Waals surface area contributed by atoms with Gasteiger partial charge in [0.2, 0.25) is 0 Å². The third-order valence-corrected chi connectivity index (χ3v) is 1.93. The van der Waals surface area contributed by atoms with Crippen molar-refractivity contribution in [2.45, 2.75) is 25.3 Å². The summed E-state index contributed by atoms with van der Waals surface area (Å²) < 4.78 is 0. The summed E-state index contributed by atoms with van der Waals surface area (Å²) in [7, 11) is 0. The predicted molar refractivity (Wildman–Crippen MR) is 39.5 cm³/mol. The molecule has 60 valence electrons. The average molecular weight is 153 g/mol. The van der Waals surface area contributed by atoms with E-state index in [1.807, 2.05) is 0 Å². The van der Waals surface area contributed by atoms with Gasteiger partial charge in [0.05, 0.1) is 6.07 Å². The lowest BCUT2D eigenvalue weighted by Crippen LogP contribution is -2.45. The topological polar surface area (TPSA) is 70.1 Å². The van der Waals surface area contributed by atoms with Crippen molar-refractivity contribution in [1.82, 2.24) is 4.90 Å². The standard InChI is InChI=1S/C7H11N3O/c8-5-6-3-1-2-4-10(6)7(9)11/h6H,1-4H2,(H2,9,11). The third-order valence-electron chi connectivity index (χ3n) is 1.93. The van der Waals surface area contributed by atoms with E-state index in [0.29, 0.717) is 6.54 Å². The van der Waals surface area contributed by atoms with Gasteiger partial charge in [0.15, 0.2) is 0 Å². The zero-order valence-electron chi connectivity index (χ0n) is 6.29. The van der Waals surface area contributed by atoms with Crippen LogP contribution in [0.1, 0.15) is 19.3 Å². The number of amides is 2. The zero-order valence-corrected chi connectivity index (χ0v) is 6.29. The second kappa shape index (κ2) is 3.24. The number of nitrogens with two attached hydrogens (primary N) is 1. The fourth-order valence-corrected chi connectivity index (χ4v) is 1.33. The molecular formula is C7H11N3O. The Morgan fingerprint density at radius 1 is 1.64 bits per heavy atom. The van der Waals surface area contributed by atoms with Crippen molar-refractivity contribution >= 4 is 6.03 Å². The van der Waals surface area contributed by atoms with Gasteiger partial charge in [0.1, 0.15) is 6.04 Å². The number of carbonyl (C=O) groups excluding carboxylic acids is 1. The van der Waals surface area contributed by atoms with Gasteiger partial charge < -0.3 is 10.6 Å².